The molecule has 3 rings (SSSR count). The Bertz CT molecular complexity index is 1020. The van der Waals surface area contributed by atoms with Crippen molar-refractivity contribution in [2.75, 3.05) is 0 Å². The molecule has 2 aromatic carbocycles. The molecular formula is C21H16F3NO4S. The molecule has 0 saturated carbocycles. The molecule has 1 amide bonds. The highest BCUT2D eigenvalue weighted by atomic mass is 32.1. The van der Waals surface area contributed by atoms with Crippen LogP contribution in [0.2, 0.25) is 0 Å². The van der Waals surface area contributed by atoms with Crippen LogP contribution >= 0.6 is 11.3 Å². The molecule has 9 heteroatoms. The number of hydrogen-bond donors (Lipinski definition) is 2. The number of amides is 1. The van der Waals surface area contributed by atoms with Gasteiger partial charge in [-0.2, -0.15) is 0 Å². The van der Waals surface area contributed by atoms with Gasteiger partial charge in [-0.25, -0.2) is 0 Å². The van der Waals surface area contributed by atoms with Gasteiger partial charge in [0, 0.05) is 0 Å². The second-order valence-corrected chi connectivity index (χ2v) is 7.22. The number of thiophene rings is 1. The van der Waals surface area contributed by atoms with Crippen molar-refractivity contribution in [1.29, 1.82) is 0 Å². The quantitative estimate of drug-likeness (QED) is 0.531. The van der Waals surface area contributed by atoms with Gasteiger partial charge in [0.2, 0.25) is 0 Å². The van der Waals surface area contributed by atoms with E-state index in [1.165, 1.54) is 24.3 Å². The number of hydrogen-bond acceptors (Lipinski definition) is 4. The van der Waals surface area contributed by atoms with Crippen molar-refractivity contribution in [3.05, 3.63) is 76.5 Å². The Kier molecular flexibility index (Phi) is 6.41. The molecule has 0 saturated heterocycles. The van der Waals surface area contributed by atoms with Gasteiger partial charge >= 0.3 is 12.3 Å². The monoisotopic (exact) mass is 435 g/mol. The molecule has 1 aromatic heterocycles. The van der Waals surface area contributed by atoms with Crippen molar-refractivity contribution >= 4 is 23.2 Å². The number of alkyl halides is 3. The summed E-state index contributed by atoms with van der Waals surface area (Å²) in [6.07, 6.45) is -5.03. The number of halogens is 3. The van der Waals surface area contributed by atoms with Crippen LogP contribution in [0.25, 0.3) is 11.1 Å². The van der Waals surface area contributed by atoms with Crippen LogP contribution in [0.15, 0.2) is 66.0 Å². The van der Waals surface area contributed by atoms with Crippen LogP contribution in [0.4, 0.5) is 13.2 Å². The molecule has 0 aliphatic carbocycles. The molecule has 0 fully saturated rings. The molecule has 30 heavy (non-hydrogen) atoms. The number of nitrogens with one attached hydrogen (secondary N) is 1. The molecule has 0 spiro atoms. The van der Waals surface area contributed by atoms with Gasteiger partial charge in [0.25, 0.3) is 5.91 Å². The minimum absolute atomic E-state index is 0.269. The van der Waals surface area contributed by atoms with Crippen LogP contribution in [0.3, 0.4) is 0 Å². The predicted molar refractivity (Wildman–Crippen MR) is 105 cm³/mol. The summed E-state index contributed by atoms with van der Waals surface area (Å²) in [6, 6.07) is 15.0. The summed E-state index contributed by atoms with van der Waals surface area (Å²) in [5, 5.41) is 13.6. The van der Waals surface area contributed by atoms with E-state index in [1.807, 2.05) is 0 Å². The van der Waals surface area contributed by atoms with E-state index in [9.17, 15) is 22.8 Å². The second-order valence-electron chi connectivity index (χ2n) is 6.31. The standard InChI is InChI=1S/C21H16F3NO4S/c22-21(23,24)29-16-8-6-13(7-9-16)15-10-18(30-12-15)20(28)25-17(11-19(26)27)14-4-2-1-3-5-14/h1-10,12,17H,11H2,(H,25,28)(H,26,27)/t17-/m1/s1. The number of benzene rings is 2. The lowest BCUT2D eigenvalue weighted by molar-refractivity contribution is -0.274. The molecule has 0 unspecified atom stereocenters. The summed E-state index contributed by atoms with van der Waals surface area (Å²) in [6.45, 7) is 0. The molecule has 1 atom stereocenters. The Morgan fingerprint density at radius 2 is 1.70 bits per heavy atom. The van der Waals surface area contributed by atoms with Crippen LogP contribution in [-0.2, 0) is 4.79 Å². The molecule has 2 N–H and O–H groups in total. The van der Waals surface area contributed by atoms with Crippen molar-refractivity contribution in [3.8, 4) is 16.9 Å². The van der Waals surface area contributed by atoms with E-state index < -0.39 is 24.3 Å². The third kappa shape index (κ3) is 5.84. The fraction of sp³-hybridized carbons (Fsp3) is 0.143. The fourth-order valence-corrected chi connectivity index (χ4v) is 3.62. The highest BCUT2D eigenvalue weighted by Crippen LogP contribution is 2.29. The van der Waals surface area contributed by atoms with Gasteiger partial charge < -0.3 is 15.2 Å². The maximum atomic E-state index is 12.6. The zero-order valence-corrected chi connectivity index (χ0v) is 16.2. The summed E-state index contributed by atoms with van der Waals surface area (Å²) < 4.78 is 40.6. The average molecular weight is 435 g/mol. The fourth-order valence-electron chi connectivity index (χ4n) is 2.80. The van der Waals surface area contributed by atoms with Crippen molar-refractivity contribution in [1.82, 2.24) is 5.32 Å². The Labute approximate surface area is 173 Å². The number of ether oxygens (including phenoxy) is 1. The molecule has 0 bridgehead atoms. The van der Waals surface area contributed by atoms with Gasteiger partial charge in [-0.3, -0.25) is 9.59 Å². The Morgan fingerprint density at radius 3 is 2.30 bits per heavy atom. The Balaban J connectivity index is 1.73. The number of carbonyl (C=O) groups excluding carboxylic acids is 1. The van der Waals surface area contributed by atoms with E-state index in [4.69, 9.17) is 5.11 Å². The third-order valence-electron chi connectivity index (χ3n) is 4.13. The predicted octanol–water partition coefficient (Wildman–Crippen LogP) is 5.26. The zero-order chi connectivity index (χ0) is 21.7. The largest absolute Gasteiger partial charge is 0.573 e. The van der Waals surface area contributed by atoms with E-state index in [-0.39, 0.29) is 12.2 Å². The van der Waals surface area contributed by atoms with Crippen LogP contribution < -0.4 is 10.1 Å². The summed E-state index contributed by atoms with van der Waals surface area (Å²) in [7, 11) is 0. The lowest BCUT2D eigenvalue weighted by Crippen LogP contribution is -2.29. The van der Waals surface area contributed by atoms with Crippen molar-refractivity contribution in [2.24, 2.45) is 0 Å². The summed E-state index contributed by atoms with van der Waals surface area (Å²) in [4.78, 5) is 24.2. The topological polar surface area (TPSA) is 75.6 Å². The van der Waals surface area contributed by atoms with Gasteiger partial charge in [0.05, 0.1) is 17.3 Å². The van der Waals surface area contributed by atoms with E-state index in [0.29, 0.717) is 21.6 Å². The number of carboxylic acids is 1. The van der Waals surface area contributed by atoms with Crippen molar-refractivity contribution < 1.29 is 32.6 Å². The first kappa shape index (κ1) is 21.4. The van der Waals surface area contributed by atoms with Crippen LogP contribution in [0.5, 0.6) is 5.75 Å². The first-order valence-electron chi connectivity index (χ1n) is 8.73. The number of rotatable bonds is 7. The molecule has 5 nitrogen and oxygen atoms in total. The van der Waals surface area contributed by atoms with E-state index in [2.05, 4.69) is 10.1 Å². The minimum atomic E-state index is -4.76. The third-order valence-corrected chi connectivity index (χ3v) is 5.06. The summed E-state index contributed by atoms with van der Waals surface area (Å²) in [5.74, 6) is -1.81. The number of carbonyl (C=O) groups is 2. The summed E-state index contributed by atoms with van der Waals surface area (Å²) in [5.41, 5.74) is 1.94. The zero-order valence-electron chi connectivity index (χ0n) is 15.3. The molecule has 0 aliphatic rings. The van der Waals surface area contributed by atoms with E-state index in [1.54, 1.807) is 41.8 Å². The first-order chi connectivity index (χ1) is 14.2. The smallest absolute Gasteiger partial charge is 0.481 e. The molecule has 156 valence electrons. The van der Waals surface area contributed by atoms with Gasteiger partial charge in [-0.15, -0.1) is 24.5 Å². The molecule has 0 radical (unpaired) electrons. The SMILES string of the molecule is O=C(O)C[C@@H](NC(=O)c1cc(-c2ccc(OC(F)(F)F)cc2)cs1)c1ccccc1. The van der Waals surface area contributed by atoms with Gasteiger partial charge in [-0.1, -0.05) is 42.5 Å². The molecule has 3 aromatic rings. The van der Waals surface area contributed by atoms with Gasteiger partial charge in [0.15, 0.2) is 0 Å². The van der Waals surface area contributed by atoms with Crippen LogP contribution in [0, 0.1) is 0 Å². The van der Waals surface area contributed by atoms with E-state index >= 15 is 0 Å². The molecule has 1 heterocycles. The average Bonchev–Trinajstić information content (AvgIpc) is 3.17. The maximum absolute atomic E-state index is 12.6. The van der Waals surface area contributed by atoms with Gasteiger partial charge in [0.1, 0.15) is 5.75 Å². The lowest BCUT2D eigenvalue weighted by Gasteiger charge is -2.16. The molecular weight excluding hydrogens is 419 g/mol. The van der Waals surface area contributed by atoms with E-state index in [0.717, 1.165) is 11.3 Å². The van der Waals surface area contributed by atoms with Crippen LogP contribution in [0.1, 0.15) is 27.7 Å². The Hall–Kier alpha value is -3.33. The molecule has 0 aliphatic heterocycles. The van der Waals surface area contributed by atoms with Gasteiger partial charge in [-0.05, 0) is 40.3 Å². The summed E-state index contributed by atoms with van der Waals surface area (Å²) >= 11 is 1.15. The number of aliphatic carboxylic acids is 1. The lowest BCUT2D eigenvalue weighted by atomic mass is 10.0. The normalized spacial score (nSPS) is 12.2. The Morgan fingerprint density at radius 1 is 1.03 bits per heavy atom. The second kappa shape index (κ2) is 9.00. The minimum Gasteiger partial charge on any atom is -0.481 e. The maximum Gasteiger partial charge on any atom is 0.573 e. The highest BCUT2D eigenvalue weighted by molar-refractivity contribution is 7.12. The number of carboxylic acid groups (broad SMARTS) is 1. The van der Waals surface area contributed by atoms with Crippen molar-refractivity contribution in [2.45, 2.75) is 18.8 Å². The first-order valence-corrected chi connectivity index (χ1v) is 9.61. The van der Waals surface area contributed by atoms with Crippen LogP contribution in [-0.4, -0.2) is 23.3 Å². The highest BCUT2D eigenvalue weighted by Gasteiger charge is 2.31. The van der Waals surface area contributed by atoms with Crippen molar-refractivity contribution in [3.63, 3.8) is 0 Å².